The van der Waals surface area contributed by atoms with Crippen LogP contribution in [0, 0.1) is 5.21 Å². The molecule has 0 N–H and O–H groups in total. The van der Waals surface area contributed by atoms with Gasteiger partial charge in [-0.15, -0.1) is 0 Å². The molecule has 2 aromatic heterocycles. The van der Waals surface area contributed by atoms with Crippen molar-refractivity contribution in [3.05, 3.63) is 119 Å². The number of pyridine rings is 2. The summed E-state index contributed by atoms with van der Waals surface area (Å²) in [7, 11) is 0. The zero-order valence-corrected chi connectivity index (χ0v) is 22.0. The molecule has 0 fully saturated rings. The maximum Gasteiger partial charge on any atom is 0.387 e. The van der Waals surface area contributed by atoms with Crippen LogP contribution in [-0.2, 0) is 6.42 Å². The molecule has 0 bridgehead atoms. The van der Waals surface area contributed by atoms with Crippen LogP contribution in [0.2, 0.25) is 0 Å². The first-order valence-corrected chi connectivity index (χ1v) is 12.7. The first-order valence-electron chi connectivity index (χ1n) is 12.7. The Labute approximate surface area is 230 Å². The van der Waals surface area contributed by atoms with E-state index >= 15 is 0 Å². The highest BCUT2D eigenvalue weighted by molar-refractivity contribution is 5.48. The molecule has 210 valence electrons. The molecule has 1 unspecified atom stereocenters. The van der Waals surface area contributed by atoms with E-state index in [1.807, 2.05) is 37.3 Å². The van der Waals surface area contributed by atoms with Crippen molar-refractivity contribution in [2.24, 2.45) is 0 Å². The smallest absolute Gasteiger partial charge is 0.387 e. The highest BCUT2D eigenvalue weighted by Crippen LogP contribution is 2.37. The highest BCUT2D eigenvalue weighted by atomic mass is 19.3. The van der Waals surface area contributed by atoms with Crippen LogP contribution in [0.15, 0.2) is 91.4 Å². The van der Waals surface area contributed by atoms with Gasteiger partial charge < -0.3 is 19.6 Å². The summed E-state index contributed by atoms with van der Waals surface area (Å²) in [4.78, 5) is 6.88. The van der Waals surface area contributed by atoms with Crippen LogP contribution >= 0.6 is 0 Å². The third-order valence-electron chi connectivity index (χ3n) is 6.67. The van der Waals surface area contributed by atoms with E-state index in [1.54, 1.807) is 18.3 Å². The Morgan fingerprint density at radius 1 is 0.825 bits per heavy atom. The number of nitrogens with zero attached hydrogens (tertiary/aromatic N) is 3. The third kappa shape index (κ3) is 7.19. The number of hydrogen-bond acceptors (Lipinski definition) is 5. The van der Waals surface area contributed by atoms with Gasteiger partial charge in [0.25, 0.3) is 0 Å². The summed E-state index contributed by atoms with van der Waals surface area (Å²) in [5.74, 6) is -0.657. The van der Waals surface area contributed by atoms with E-state index in [2.05, 4.69) is 33.4 Å². The largest absolute Gasteiger partial charge is 0.619 e. The highest BCUT2D eigenvalue weighted by Gasteiger charge is 2.22. The van der Waals surface area contributed by atoms with Gasteiger partial charge in [0.2, 0.25) is 0 Å². The van der Waals surface area contributed by atoms with Crippen molar-refractivity contribution in [3.63, 3.8) is 0 Å². The summed E-state index contributed by atoms with van der Waals surface area (Å²) in [5, 5.41) is 11.5. The topological polar surface area (TPSA) is 61.5 Å². The predicted molar refractivity (Wildman–Crippen MR) is 143 cm³/mol. The molecule has 6 nitrogen and oxygen atoms in total. The standard InChI is InChI=1S/C30H29F4N3O3/c1-3-37(20(2)22-7-5-4-6-8-22)28-12-10-24(19-35-28)25(17-21-13-15-36(38)16-14-21)23-9-11-26(39-29(31)32)27(18-23)40-30(33)34/h4-16,18-20,25,29-30H,3,17H2,1-2H3/t20-,25?/m1/s1. The van der Waals surface area contributed by atoms with Crippen LogP contribution in [0.25, 0.3) is 0 Å². The molecule has 0 aliphatic carbocycles. The van der Waals surface area contributed by atoms with Gasteiger partial charge in [0.15, 0.2) is 23.9 Å². The van der Waals surface area contributed by atoms with Gasteiger partial charge in [-0.05, 0) is 60.7 Å². The van der Waals surface area contributed by atoms with Crippen LogP contribution in [-0.4, -0.2) is 24.8 Å². The molecule has 0 amide bonds. The maximum atomic E-state index is 13.1. The lowest BCUT2D eigenvalue weighted by atomic mass is 9.86. The molecule has 0 spiro atoms. The van der Waals surface area contributed by atoms with Crippen LogP contribution in [0.1, 0.15) is 48.1 Å². The van der Waals surface area contributed by atoms with E-state index < -0.39 is 30.6 Å². The Morgan fingerprint density at radius 2 is 1.48 bits per heavy atom. The maximum absolute atomic E-state index is 13.1. The normalized spacial score (nSPS) is 12.8. The Bertz CT molecular complexity index is 1360. The first-order chi connectivity index (χ1) is 19.2. The summed E-state index contributed by atoms with van der Waals surface area (Å²) < 4.78 is 61.5. The number of aromatic nitrogens is 2. The molecule has 2 heterocycles. The van der Waals surface area contributed by atoms with Gasteiger partial charge in [0.1, 0.15) is 5.82 Å². The minimum Gasteiger partial charge on any atom is -0.619 e. The molecule has 4 aromatic rings. The fourth-order valence-electron chi connectivity index (χ4n) is 4.69. The van der Waals surface area contributed by atoms with Crippen LogP contribution < -0.4 is 19.1 Å². The lowest BCUT2D eigenvalue weighted by Gasteiger charge is -2.30. The Hall–Kier alpha value is -4.34. The van der Waals surface area contributed by atoms with E-state index in [0.717, 1.165) is 22.5 Å². The molecule has 2 atom stereocenters. The SMILES string of the molecule is CCN(c1ccc(C(Cc2cc[n+]([O-])cc2)c2ccc(OC(F)F)c(OC(F)F)c2)cn1)[C@H](C)c1ccccc1. The molecular weight excluding hydrogens is 526 g/mol. The molecule has 40 heavy (non-hydrogen) atoms. The second-order valence-corrected chi connectivity index (χ2v) is 9.11. The molecule has 0 aliphatic rings. The van der Waals surface area contributed by atoms with Gasteiger partial charge in [0.05, 0.1) is 6.04 Å². The van der Waals surface area contributed by atoms with Crippen molar-refractivity contribution in [2.45, 2.75) is 45.5 Å². The van der Waals surface area contributed by atoms with Gasteiger partial charge in [-0.25, -0.2) is 4.98 Å². The zero-order chi connectivity index (χ0) is 28.6. The van der Waals surface area contributed by atoms with Gasteiger partial charge in [-0.2, -0.15) is 22.3 Å². The fraction of sp³-hybridized carbons (Fsp3) is 0.267. The number of hydrogen-bond donors (Lipinski definition) is 0. The van der Waals surface area contributed by atoms with Crippen LogP contribution in [0.3, 0.4) is 0 Å². The van der Waals surface area contributed by atoms with Crippen molar-refractivity contribution in [3.8, 4) is 11.5 Å². The summed E-state index contributed by atoms with van der Waals surface area (Å²) in [6.45, 7) is -1.58. The Kier molecular flexibility index (Phi) is 9.42. The summed E-state index contributed by atoms with van der Waals surface area (Å²) in [5.41, 5.74) is 3.23. The quantitative estimate of drug-likeness (QED) is 0.108. The summed E-state index contributed by atoms with van der Waals surface area (Å²) in [6.07, 6.45) is 4.82. The summed E-state index contributed by atoms with van der Waals surface area (Å²) >= 11 is 0. The van der Waals surface area contributed by atoms with E-state index in [4.69, 9.17) is 4.98 Å². The molecule has 0 saturated heterocycles. The van der Waals surface area contributed by atoms with Crippen molar-refractivity contribution < 1.29 is 31.8 Å². The predicted octanol–water partition coefficient (Wildman–Crippen LogP) is 6.88. The molecule has 0 radical (unpaired) electrons. The molecule has 0 aliphatic heterocycles. The average molecular weight is 556 g/mol. The molecule has 2 aromatic carbocycles. The van der Waals surface area contributed by atoms with Crippen molar-refractivity contribution >= 4 is 5.82 Å². The van der Waals surface area contributed by atoms with E-state index in [-0.39, 0.29) is 6.04 Å². The minimum atomic E-state index is -3.23. The minimum absolute atomic E-state index is 0.0693. The molecule has 4 rings (SSSR count). The lowest BCUT2D eigenvalue weighted by molar-refractivity contribution is -0.605. The van der Waals surface area contributed by atoms with Gasteiger partial charge in [0, 0.05) is 30.8 Å². The number of halogens is 4. The number of benzene rings is 2. The first kappa shape index (κ1) is 28.7. The second kappa shape index (κ2) is 13.1. The molecule has 10 heteroatoms. The number of alkyl halides is 4. The van der Waals surface area contributed by atoms with Crippen LogP contribution in [0.4, 0.5) is 23.4 Å². The number of ether oxygens (including phenoxy) is 2. The van der Waals surface area contributed by atoms with Gasteiger partial charge in [-0.1, -0.05) is 42.5 Å². The van der Waals surface area contributed by atoms with Gasteiger partial charge >= 0.3 is 13.2 Å². The fourth-order valence-corrected chi connectivity index (χ4v) is 4.69. The Balaban J connectivity index is 1.70. The van der Waals surface area contributed by atoms with E-state index in [1.165, 1.54) is 30.6 Å². The van der Waals surface area contributed by atoms with Crippen molar-refractivity contribution in [2.75, 3.05) is 11.4 Å². The molecular formula is C30H29F4N3O3. The lowest BCUT2D eigenvalue weighted by Crippen LogP contribution is -2.27. The third-order valence-corrected chi connectivity index (χ3v) is 6.67. The van der Waals surface area contributed by atoms with Crippen molar-refractivity contribution in [1.82, 2.24) is 4.98 Å². The Morgan fingerprint density at radius 3 is 2.08 bits per heavy atom. The average Bonchev–Trinajstić information content (AvgIpc) is 2.94. The number of anilines is 1. The second-order valence-electron chi connectivity index (χ2n) is 9.11. The van der Waals surface area contributed by atoms with Crippen LogP contribution in [0.5, 0.6) is 11.5 Å². The number of rotatable bonds is 12. The van der Waals surface area contributed by atoms with E-state index in [9.17, 15) is 22.8 Å². The van der Waals surface area contributed by atoms with Gasteiger partial charge in [-0.3, -0.25) is 0 Å². The zero-order valence-electron chi connectivity index (χ0n) is 22.0. The summed E-state index contributed by atoms with van der Waals surface area (Å²) in [6, 6.07) is 21.2. The van der Waals surface area contributed by atoms with Crippen molar-refractivity contribution in [1.29, 1.82) is 0 Å². The monoisotopic (exact) mass is 555 g/mol. The van der Waals surface area contributed by atoms with E-state index in [0.29, 0.717) is 23.3 Å². The molecule has 0 saturated carbocycles.